The molecule has 1 aromatic heterocycles. The van der Waals surface area contributed by atoms with Crippen molar-refractivity contribution in [2.24, 2.45) is 0 Å². The Labute approximate surface area is 124 Å². The zero-order valence-electron chi connectivity index (χ0n) is 11.9. The molecule has 0 amide bonds. The van der Waals surface area contributed by atoms with Crippen LogP contribution < -0.4 is 9.04 Å². The van der Waals surface area contributed by atoms with Gasteiger partial charge in [0.25, 0.3) is 10.0 Å². The second-order valence-corrected chi connectivity index (χ2v) is 6.99. The third-order valence-electron chi connectivity index (χ3n) is 3.36. The first-order valence-corrected chi connectivity index (χ1v) is 8.12. The first kappa shape index (κ1) is 13.9. The number of aromatic nitrogens is 1. The number of hydrogen-bond donors (Lipinski definition) is 0. The van der Waals surface area contributed by atoms with Gasteiger partial charge in [-0.05, 0) is 43.7 Å². The molecule has 0 fully saturated rings. The highest BCUT2D eigenvalue weighted by Gasteiger charge is 2.32. The Bertz CT molecular complexity index is 760. The normalized spacial score (nSPS) is 18.0. The molecule has 110 valence electrons. The molecule has 1 aliphatic rings. The van der Waals surface area contributed by atoms with Crippen molar-refractivity contribution in [1.29, 1.82) is 0 Å². The van der Waals surface area contributed by atoms with E-state index >= 15 is 0 Å². The van der Waals surface area contributed by atoms with Gasteiger partial charge in [0, 0.05) is 12.4 Å². The lowest BCUT2D eigenvalue weighted by atomic mass is 10.2. The van der Waals surface area contributed by atoms with Crippen LogP contribution in [0, 0.1) is 6.92 Å². The summed E-state index contributed by atoms with van der Waals surface area (Å²) in [7, 11) is -3.63. The number of fused-ring (bicyclic) bond motifs is 1. The Hall–Kier alpha value is -2.08. The largest absolute Gasteiger partial charge is 0.487 e. The van der Waals surface area contributed by atoms with Crippen molar-refractivity contribution in [2.45, 2.75) is 24.8 Å². The third-order valence-corrected chi connectivity index (χ3v) is 5.12. The highest BCUT2D eigenvalue weighted by atomic mass is 32.2. The zero-order valence-corrected chi connectivity index (χ0v) is 12.7. The van der Waals surface area contributed by atoms with Crippen LogP contribution in [0.25, 0.3) is 0 Å². The molecule has 1 atom stereocenters. The van der Waals surface area contributed by atoms with Gasteiger partial charge in [0.05, 0.1) is 12.2 Å². The second kappa shape index (κ2) is 5.04. The summed E-state index contributed by atoms with van der Waals surface area (Å²) in [6.45, 7) is 4.09. The number of rotatable bonds is 2. The van der Waals surface area contributed by atoms with Crippen molar-refractivity contribution >= 4 is 15.7 Å². The molecular formula is C15H16N2O3S. The van der Waals surface area contributed by atoms with Gasteiger partial charge in [-0.25, -0.2) is 8.42 Å². The molecule has 2 aromatic rings. The van der Waals surface area contributed by atoms with E-state index in [4.69, 9.17) is 4.74 Å². The Morgan fingerprint density at radius 1 is 1.33 bits per heavy atom. The van der Waals surface area contributed by atoms with E-state index in [2.05, 4.69) is 4.98 Å². The van der Waals surface area contributed by atoms with Gasteiger partial charge in [-0.15, -0.1) is 0 Å². The predicted molar refractivity (Wildman–Crippen MR) is 80.0 cm³/mol. The van der Waals surface area contributed by atoms with Gasteiger partial charge in [0.15, 0.2) is 0 Å². The van der Waals surface area contributed by atoms with Gasteiger partial charge in [0.2, 0.25) is 0 Å². The van der Waals surface area contributed by atoms with Crippen molar-refractivity contribution < 1.29 is 13.2 Å². The molecule has 0 saturated carbocycles. The molecular weight excluding hydrogens is 288 g/mol. The van der Waals surface area contributed by atoms with Gasteiger partial charge >= 0.3 is 0 Å². The number of hydrogen-bond acceptors (Lipinski definition) is 4. The molecule has 3 rings (SSSR count). The summed E-state index contributed by atoms with van der Waals surface area (Å²) < 4.78 is 32.8. The number of ether oxygens (including phenoxy) is 1. The van der Waals surface area contributed by atoms with Gasteiger partial charge in [0.1, 0.15) is 16.7 Å². The Morgan fingerprint density at radius 3 is 2.86 bits per heavy atom. The van der Waals surface area contributed by atoms with Gasteiger partial charge < -0.3 is 4.74 Å². The van der Waals surface area contributed by atoms with Crippen molar-refractivity contribution in [3.05, 3.63) is 48.3 Å². The monoisotopic (exact) mass is 304 g/mol. The van der Waals surface area contributed by atoms with Crippen LogP contribution in [0.2, 0.25) is 0 Å². The number of anilines is 1. The van der Waals surface area contributed by atoms with Gasteiger partial charge in [-0.1, -0.05) is 6.07 Å². The fourth-order valence-electron chi connectivity index (χ4n) is 2.36. The SMILES string of the molecule is Cc1ccc2c(c1)O[C@H](C)CN2S(=O)(=O)c1cccnc1. The van der Waals surface area contributed by atoms with E-state index in [9.17, 15) is 8.42 Å². The molecule has 0 aliphatic carbocycles. The summed E-state index contributed by atoms with van der Waals surface area (Å²) >= 11 is 0. The first-order valence-electron chi connectivity index (χ1n) is 6.68. The van der Waals surface area contributed by atoms with E-state index < -0.39 is 10.0 Å². The van der Waals surface area contributed by atoms with Crippen LogP contribution in [0.3, 0.4) is 0 Å². The summed E-state index contributed by atoms with van der Waals surface area (Å²) in [5.74, 6) is 0.598. The topological polar surface area (TPSA) is 59.5 Å². The minimum Gasteiger partial charge on any atom is -0.487 e. The Morgan fingerprint density at radius 2 is 2.14 bits per heavy atom. The molecule has 21 heavy (non-hydrogen) atoms. The van der Waals surface area contributed by atoms with Crippen LogP contribution in [0.5, 0.6) is 5.75 Å². The quantitative estimate of drug-likeness (QED) is 0.854. The van der Waals surface area contributed by atoms with Crippen molar-refractivity contribution in [2.75, 3.05) is 10.8 Å². The molecule has 5 nitrogen and oxygen atoms in total. The maximum atomic E-state index is 12.8. The lowest BCUT2D eigenvalue weighted by Gasteiger charge is -2.34. The fraction of sp³-hybridized carbons (Fsp3) is 0.267. The lowest BCUT2D eigenvalue weighted by Crippen LogP contribution is -2.42. The summed E-state index contributed by atoms with van der Waals surface area (Å²) in [5, 5.41) is 0. The standard InChI is InChI=1S/C15H16N2O3S/c1-11-5-6-14-15(8-11)20-12(2)10-17(14)21(18,19)13-4-3-7-16-9-13/h3-9,12H,10H2,1-2H3/t12-/m1/s1. The summed E-state index contributed by atoms with van der Waals surface area (Å²) in [6.07, 6.45) is 2.72. The van der Waals surface area contributed by atoms with Crippen LogP contribution >= 0.6 is 0 Å². The molecule has 1 aliphatic heterocycles. The average molecular weight is 304 g/mol. The summed E-state index contributed by atoms with van der Waals surface area (Å²) in [6, 6.07) is 8.69. The van der Waals surface area contributed by atoms with Crippen molar-refractivity contribution in [3.8, 4) is 5.75 Å². The number of sulfonamides is 1. The number of pyridine rings is 1. The number of aryl methyl sites for hydroxylation is 1. The molecule has 2 heterocycles. The number of nitrogens with zero attached hydrogens (tertiary/aromatic N) is 2. The molecule has 1 aromatic carbocycles. The van der Waals surface area contributed by atoms with E-state index in [0.717, 1.165) is 5.56 Å². The molecule has 0 saturated heterocycles. The van der Waals surface area contributed by atoms with E-state index in [0.29, 0.717) is 11.4 Å². The Kier molecular flexibility index (Phi) is 3.33. The van der Waals surface area contributed by atoms with Crippen LogP contribution in [0.15, 0.2) is 47.6 Å². The first-order chi connectivity index (χ1) is 9.98. The second-order valence-electron chi connectivity index (χ2n) is 5.12. The maximum Gasteiger partial charge on any atom is 0.266 e. The van der Waals surface area contributed by atoms with Crippen LogP contribution in [-0.4, -0.2) is 26.1 Å². The average Bonchev–Trinajstić information content (AvgIpc) is 2.46. The van der Waals surface area contributed by atoms with E-state index in [1.807, 2.05) is 26.0 Å². The molecule has 6 heteroatoms. The third kappa shape index (κ3) is 2.47. The van der Waals surface area contributed by atoms with Gasteiger partial charge in [-0.2, -0.15) is 0 Å². The highest BCUT2D eigenvalue weighted by Crippen LogP contribution is 2.37. The van der Waals surface area contributed by atoms with Crippen molar-refractivity contribution in [1.82, 2.24) is 4.98 Å². The maximum absolute atomic E-state index is 12.8. The van der Waals surface area contributed by atoms with Crippen molar-refractivity contribution in [3.63, 3.8) is 0 Å². The Balaban J connectivity index is 2.12. The molecule has 0 radical (unpaired) electrons. The lowest BCUT2D eigenvalue weighted by molar-refractivity contribution is 0.219. The fourth-order valence-corrected chi connectivity index (χ4v) is 3.88. The minimum atomic E-state index is -3.63. The van der Waals surface area contributed by atoms with Crippen LogP contribution in [-0.2, 0) is 10.0 Å². The zero-order chi connectivity index (χ0) is 15.0. The van der Waals surface area contributed by atoms with Crippen LogP contribution in [0.1, 0.15) is 12.5 Å². The van der Waals surface area contributed by atoms with Crippen LogP contribution in [0.4, 0.5) is 5.69 Å². The molecule has 0 spiro atoms. The van der Waals surface area contributed by atoms with E-state index in [-0.39, 0.29) is 17.5 Å². The van der Waals surface area contributed by atoms with E-state index in [1.54, 1.807) is 24.4 Å². The summed E-state index contributed by atoms with van der Waals surface area (Å²) in [5.41, 5.74) is 1.60. The molecule has 0 bridgehead atoms. The predicted octanol–water partition coefficient (Wildman–Crippen LogP) is 2.37. The minimum absolute atomic E-state index is 0.186. The highest BCUT2D eigenvalue weighted by molar-refractivity contribution is 7.92. The summed E-state index contributed by atoms with van der Waals surface area (Å²) in [4.78, 5) is 4.08. The van der Waals surface area contributed by atoms with Gasteiger partial charge in [-0.3, -0.25) is 9.29 Å². The van der Waals surface area contributed by atoms with E-state index in [1.165, 1.54) is 10.5 Å². The molecule has 0 unspecified atom stereocenters. The number of benzene rings is 1. The molecule has 0 N–H and O–H groups in total. The smallest absolute Gasteiger partial charge is 0.266 e.